The highest BCUT2D eigenvalue weighted by Crippen LogP contribution is 2.21. The fourth-order valence-electron chi connectivity index (χ4n) is 1.74. The van der Waals surface area contributed by atoms with Crippen LogP contribution in [0.3, 0.4) is 0 Å². The van der Waals surface area contributed by atoms with Crippen LogP contribution in [-0.4, -0.2) is 40.9 Å². The minimum atomic E-state index is -0.249. The lowest BCUT2D eigenvalue weighted by molar-refractivity contribution is 0.102. The molecule has 0 saturated heterocycles. The van der Waals surface area contributed by atoms with Crippen LogP contribution in [0.5, 0.6) is 0 Å². The predicted octanol–water partition coefficient (Wildman–Crippen LogP) is 2.18. The molecule has 0 aromatic carbocycles. The number of hydrogen-bond donors (Lipinski definition) is 2. The van der Waals surface area contributed by atoms with Crippen LogP contribution in [0.4, 0.5) is 9.93 Å². The molecule has 2 heterocycles. The van der Waals surface area contributed by atoms with Gasteiger partial charge in [-0.25, -0.2) is 9.78 Å². The molecule has 0 saturated carbocycles. The molecule has 122 valence electrons. The molecule has 3 amide bonds. The van der Waals surface area contributed by atoms with Crippen molar-refractivity contribution >= 4 is 28.4 Å². The molecule has 0 bridgehead atoms. The third-order valence-corrected chi connectivity index (χ3v) is 4.14. The quantitative estimate of drug-likeness (QED) is 0.898. The monoisotopic (exact) mass is 333 g/mol. The standard InChI is InChI=1S/C15H19N5O2S/c1-9-10(2)23-14(18-9)19-13(21)11-5-6-16-12(7-11)8-17-15(22)20(3)4/h5-7H,8H2,1-4H3,(H,17,22)(H,18,19,21). The Kier molecular flexibility index (Phi) is 5.28. The van der Waals surface area contributed by atoms with Gasteiger partial charge in [0.25, 0.3) is 5.91 Å². The number of pyridine rings is 1. The fraction of sp³-hybridized carbons (Fsp3) is 0.333. The molecule has 0 atom stereocenters. The molecule has 0 fully saturated rings. The Morgan fingerprint density at radius 3 is 2.65 bits per heavy atom. The van der Waals surface area contributed by atoms with Gasteiger partial charge in [0.1, 0.15) is 0 Å². The Hall–Kier alpha value is -2.48. The molecule has 0 unspecified atom stereocenters. The first-order chi connectivity index (χ1) is 10.9. The number of nitrogens with one attached hydrogen (secondary N) is 2. The van der Waals surface area contributed by atoms with Crippen LogP contribution >= 0.6 is 11.3 Å². The van der Waals surface area contributed by atoms with Crippen LogP contribution in [0, 0.1) is 13.8 Å². The smallest absolute Gasteiger partial charge is 0.317 e. The fourth-order valence-corrected chi connectivity index (χ4v) is 2.55. The van der Waals surface area contributed by atoms with Crippen LogP contribution in [-0.2, 0) is 6.54 Å². The second kappa shape index (κ2) is 7.19. The van der Waals surface area contributed by atoms with Gasteiger partial charge in [-0.2, -0.15) is 0 Å². The van der Waals surface area contributed by atoms with Gasteiger partial charge in [-0.3, -0.25) is 15.1 Å². The Morgan fingerprint density at radius 2 is 2.04 bits per heavy atom. The molecule has 8 heteroatoms. The zero-order valence-corrected chi connectivity index (χ0v) is 14.3. The molecule has 0 radical (unpaired) electrons. The SMILES string of the molecule is Cc1nc(NC(=O)c2ccnc(CNC(=O)N(C)C)c2)sc1C. The summed E-state index contributed by atoms with van der Waals surface area (Å²) in [5.74, 6) is -0.249. The van der Waals surface area contributed by atoms with Gasteiger partial charge in [0.15, 0.2) is 5.13 Å². The van der Waals surface area contributed by atoms with Gasteiger partial charge in [0.05, 0.1) is 17.9 Å². The van der Waals surface area contributed by atoms with Gasteiger partial charge in [-0.05, 0) is 26.0 Å². The lowest BCUT2D eigenvalue weighted by Gasteiger charge is -2.11. The predicted molar refractivity (Wildman–Crippen MR) is 89.7 cm³/mol. The van der Waals surface area contributed by atoms with E-state index in [1.807, 2.05) is 13.8 Å². The van der Waals surface area contributed by atoms with E-state index in [4.69, 9.17) is 0 Å². The number of aromatic nitrogens is 2. The second-order valence-electron chi connectivity index (χ2n) is 5.20. The van der Waals surface area contributed by atoms with Crippen molar-refractivity contribution in [3.8, 4) is 0 Å². The van der Waals surface area contributed by atoms with Crippen LogP contribution in [0.1, 0.15) is 26.6 Å². The maximum absolute atomic E-state index is 12.3. The number of urea groups is 1. The number of thiazole rings is 1. The maximum Gasteiger partial charge on any atom is 0.317 e. The Morgan fingerprint density at radius 1 is 1.30 bits per heavy atom. The Balaban J connectivity index is 2.03. The number of anilines is 1. The zero-order valence-electron chi connectivity index (χ0n) is 13.5. The molecule has 23 heavy (non-hydrogen) atoms. The number of aryl methyl sites for hydroxylation is 2. The van der Waals surface area contributed by atoms with Gasteiger partial charge in [-0.15, -0.1) is 11.3 Å². The lowest BCUT2D eigenvalue weighted by atomic mass is 10.2. The van der Waals surface area contributed by atoms with E-state index in [1.54, 1.807) is 32.4 Å². The molecule has 0 spiro atoms. The zero-order chi connectivity index (χ0) is 17.0. The highest BCUT2D eigenvalue weighted by Gasteiger charge is 2.11. The van der Waals surface area contributed by atoms with E-state index >= 15 is 0 Å². The summed E-state index contributed by atoms with van der Waals surface area (Å²) in [6, 6.07) is 3.06. The first-order valence-electron chi connectivity index (χ1n) is 7.02. The molecule has 2 rings (SSSR count). The molecule has 2 N–H and O–H groups in total. The van der Waals surface area contributed by atoms with Crippen molar-refractivity contribution in [1.29, 1.82) is 0 Å². The normalized spacial score (nSPS) is 10.3. The van der Waals surface area contributed by atoms with Crippen LogP contribution in [0.25, 0.3) is 0 Å². The summed E-state index contributed by atoms with van der Waals surface area (Å²) >= 11 is 1.44. The Bertz CT molecular complexity index is 707. The van der Waals surface area contributed by atoms with E-state index in [-0.39, 0.29) is 18.5 Å². The number of hydrogen-bond acceptors (Lipinski definition) is 5. The highest BCUT2D eigenvalue weighted by molar-refractivity contribution is 7.15. The van der Waals surface area contributed by atoms with Crippen LogP contribution in [0.2, 0.25) is 0 Å². The first kappa shape index (κ1) is 16.9. The molecule has 0 aliphatic heterocycles. The topological polar surface area (TPSA) is 87.2 Å². The second-order valence-corrected chi connectivity index (χ2v) is 6.41. The van der Waals surface area contributed by atoms with E-state index in [0.29, 0.717) is 16.4 Å². The van der Waals surface area contributed by atoms with Gasteiger partial charge in [0.2, 0.25) is 0 Å². The number of carbonyl (C=O) groups is 2. The van der Waals surface area contributed by atoms with E-state index in [9.17, 15) is 9.59 Å². The third-order valence-electron chi connectivity index (χ3n) is 3.15. The molecule has 2 aromatic rings. The van der Waals surface area contributed by atoms with E-state index in [1.165, 1.54) is 16.2 Å². The van der Waals surface area contributed by atoms with Crippen molar-refractivity contribution in [1.82, 2.24) is 20.2 Å². The van der Waals surface area contributed by atoms with Gasteiger partial charge in [-0.1, -0.05) is 0 Å². The summed E-state index contributed by atoms with van der Waals surface area (Å²) in [4.78, 5) is 34.7. The summed E-state index contributed by atoms with van der Waals surface area (Å²) in [7, 11) is 3.31. The van der Waals surface area contributed by atoms with Crippen molar-refractivity contribution in [3.05, 3.63) is 40.2 Å². The average Bonchev–Trinajstić information content (AvgIpc) is 2.82. The van der Waals surface area contributed by atoms with Gasteiger partial charge in [0, 0.05) is 30.7 Å². The average molecular weight is 333 g/mol. The molecular formula is C15H19N5O2S. The Labute approximate surface area is 138 Å². The lowest BCUT2D eigenvalue weighted by Crippen LogP contribution is -2.34. The summed E-state index contributed by atoms with van der Waals surface area (Å²) in [6.07, 6.45) is 1.55. The van der Waals surface area contributed by atoms with Crippen molar-refractivity contribution < 1.29 is 9.59 Å². The summed E-state index contributed by atoms with van der Waals surface area (Å²) in [5.41, 5.74) is 1.99. The molecule has 0 aliphatic carbocycles. The van der Waals surface area contributed by atoms with E-state index < -0.39 is 0 Å². The highest BCUT2D eigenvalue weighted by atomic mass is 32.1. The van der Waals surface area contributed by atoms with Crippen LogP contribution in [0.15, 0.2) is 18.3 Å². The summed E-state index contributed by atoms with van der Waals surface area (Å²) < 4.78 is 0. The number of rotatable bonds is 4. The van der Waals surface area contributed by atoms with Crippen molar-refractivity contribution in [2.75, 3.05) is 19.4 Å². The minimum Gasteiger partial charge on any atom is -0.332 e. The molecule has 0 aliphatic rings. The van der Waals surface area contributed by atoms with Crippen molar-refractivity contribution in [2.45, 2.75) is 20.4 Å². The minimum absolute atomic E-state index is 0.213. The molecular weight excluding hydrogens is 314 g/mol. The van der Waals surface area contributed by atoms with Crippen LogP contribution < -0.4 is 10.6 Å². The van der Waals surface area contributed by atoms with E-state index in [2.05, 4.69) is 20.6 Å². The number of carbonyl (C=O) groups excluding carboxylic acids is 2. The van der Waals surface area contributed by atoms with Gasteiger partial charge < -0.3 is 10.2 Å². The number of amides is 3. The largest absolute Gasteiger partial charge is 0.332 e. The first-order valence-corrected chi connectivity index (χ1v) is 7.84. The molecule has 7 nitrogen and oxygen atoms in total. The van der Waals surface area contributed by atoms with E-state index in [0.717, 1.165) is 10.6 Å². The number of nitrogens with zero attached hydrogens (tertiary/aromatic N) is 3. The third kappa shape index (κ3) is 4.49. The van der Waals surface area contributed by atoms with Gasteiger partial charge >= 0.3 is 6.03 Å². The molecule has 2 aromatic heterocycles. The van der Waals surface area contributed by atoms with Crippen molar-refractivity contribution in [3.63, 3.8) is 0 Å². The summed E-state index contributed by atoms with van der Waals surface area (Å²) in [6.45, 7) is 4.12. The van der Waals surface area contributed by atoms with Crippen molar-refractivity contribution in [2.24, 2.45) is 0 Å². The maximum atomic E-state index is 12.3. The summed E-state index contributed by atoms with van der Waals surface area (Å²) in [5, 5.41) is 6.06.